The van der Waals surface area contributed by atoms with E-state index in [0.717, 1.165) is 5.56 Å². The molecule has 0 aliphatic carbocycles. The van der Waals surface area contributed by atoms with Crippen LogP contribution in [-0.4, -0.2) is 82.5 Å². The summed E-state index contributed by atoms with van der Waals surface area (Å²) in [5.41, 5.74) is 1.01. The van der Waals surface area contributed by atoms with Crippen molar-refractivity contribution in [3.8, 4) is 0 Å². The molecule has 0 radical (unpaired) electrons. The number of anilines is 1. The lowest BCUT2D eigenvalue weighted by molar-refractivity contribution is -0.0541. The van der Waals surface area contributed by atoms with Crippen molar-refractivity contribution in [3.05, 3.63) is 46.3 Å². The highest BCUT2D eigenvalue weighted by molar-refractivity contribution is 7.70. The van der Waals surface area contributed by atoms with Crippen molar-refractivity contribution in [1.29, 1.82) is 0 Å². The standard InChI is InChI=1S/C19H23Cl2N5O9P2/c1-25(7-10-4-2-3-5-12(10)20)16-11-6-22-26(17(11)24-19(21)23-16)18-15(28)14(27)13(35-18)8-34-37(32,33)9-36(29,30)31/h2-6,13-15,18,27-28H,7-9H2,1H3,(H,32,33)(H2,29,30,31)/t13-,14-,15-,18-/m1/s1. The predicted octanol–water partition coefficient (Wildman–Crippen LogP) is 1.73. The fraction of sp³-hybridized carbons (Fsp3) is 0.421. The summed E-state index contributed by atoms with van der Waals surface area (Å²) in [6, 6.07) is 7.28. The first-order chi connectivity index (χ1) is 17.3. The Morgan fingerprint density at radius 1 is 1.14 bits per heavy atom. The highest BCUT2D eigenvalue weighted by Gasteiger charge is 2.46. The van der Waals surface area contributed by atoms with Gasteiger partial charge in [0.15, 0.2) is 17.8 Å². The molecular weight excluding hydrogens is 575 g/mol. The molecule has 5 atom stereocenters. The number of fused-ring (bicyclic) bond motifs is 1. The van der Waals surface area contributed by atoms with E-state index in [4.69, 9.17) is 42.2 Å². The maximum absolute atomic E-state index is 11.9. The Bertz CT molecular complexity index is 1390. The van der Waals surface area contributed by atoms with Gasteiger partial charge in [-0.1, -0.05) is 29.8 Å². The van der Waals surface area contributed by atoms with E-state index in [1.165, 1.54) is 10.9 Å². The molecule has 4 rings (SSSR count). The molecular formula is C19H23Cl2N5O9P2. The van der Waals surface area contributed by atoms with Gasteiger partial charge in [-0.3, -0.25) is 9.13 Å². The quantitative estimate of drug-likeness (QED) is 0.176. The molecule has 202 valence electrons. The van der Waals surface area contributed by atoms with Crippen molar-refractivity contribution < 1.29 is 43.3 Å². The Morgan fingerprint density at radius 3 is 2.51 bits per heavy atom. The van der Waals surface area contributed by atoms with Crippen molar-refractivity contribution in [2.24, 2.45) is 0 Å². The van der Waals surface area contributed by atoms with E-state index >= 15 is 0 Å². The molecule has 1 aromatic carbocycles. The summed E-state index contributed by atoms with van der Waals surface area (Å²) in [6.45, 7) is -0.354. The summed E-state index contributed by atoms with van der Waals surface area (Å²) in [5, 5.41) is 26.1. The predicted molar refractivity (Wildman–Crippen MR) is 133 cm³/mol. The van der Waals surface area contributed by atoms with Crippen LogP contribution in [0.5, 0.6) is 0 Å². The lowest BCUT2D eigenvalue weighted by Gasteiger charge is -2.20. The maximum atomic E-state index is 11.9. The summed E-state index contributed by atoms with van der Waals surface area (Å²) in [4.78, 5) is 37.8. The van der Waals surface area contributed by atoms with Crippen LogP contribution in [0.3, 0.4) is 0 Å². The van der Waals surface area contributed by atoms with E-state index in [1.807, 2.05) is 18.2 Å². The Hall–Kier alpha value is -1.67. The Morgan fingerprint density at radius 2 is 1.84 bits per heavy atom. The molecule has 14 nitrogen and oxygen atoms in total. The SMILES string of the molecule is CN(Cc1ccccc1Cl)c1nc(Cl)nc2c1cnn2[C@@H]1O[C@H](COP(=O)(O)CP(=O)(O)O)[C@@H](O)[C@H]1O. The van der Waals surface area contributed by atoms with Crippen LogP contribution >= 0.6 is 38.4 Å². The van der Waals surface area contributed by atoms with Gasteiger partial charge in [-0.05, 0) is 23.2 Å². The monoisotopic (exact) mass is 597 g/mol. The summed E-state index contributed by atoms with van der Waals surface area (Å²) in [6.07, 6.45) is -4.34. The van der Waals surface area contributed by atoms with Gasteiger partial charge < -0.3 is 39.1 Å². The third-order valence-electron chi connectivity index (χ3n) is 5.52. The highest BCUT2D eigenvalue weighted by Crippen LogP contribution is 2.55. The molecule has 1 saturated heterocycles. The highest BCUT2D eigenvalue weighted by atomic mass is 35.5. The topological polar surface area (TPSA) is 201 Å². The first kappa shape index (κ1) is 28.3. The molecule has 18 heteroatoms. The lowest BCUT2D eigenvalue weighted by Crippen LogP contribution is -2.33. The van der Waals surface area contributed by atoms with Crippen LogP contribution < -0.4 is 4.90 Å². The minimum absolute atomic E-state index is 0.123. The number of aromatic nitrogens is 4. The van der Waals surface area contributed by atoms with E-state index in [0.29, 0.717) is 22.8 Å². The lowest BCUT2D eigenvalue weighted by atomic mass is 10.1. The van der Waals surface area contributed by atoms with Crippen LogP contribution in [0.15, 0.2) is 30.5 Å². The number of aliphatic hydroxyl groups is 2. The number of rotatable bonds is 9. The van der Waals surface area contributed by atoms with Crippen LogP contribution in [0.1, 0.15) is 11.8 Å². The van der Waals surface area contributed by atoms with Crippen molar-refractivity contribution >= 4 is 55.2 Å². The fourth-order valence-corrected chi connectivity index (χ4v) is 6.78. The summed E-state index contributed by atoms with van der Waals surface area (Å²) >= 11 is 12.4. The average molecular weight is 598 g/mol. The zero-order chi connectivity index (χ0) is 27.1. The second kappa shape index (κ2) is 10.8. The summed E-state index contributed by atoms with van der Waals surface area (Å²) in [7, 11) is -7.78. The number of halogens is 2. The van der Waals surface area contributed by atoms with E-state index in [2.05, 4.69) is 15.1 Å². The molecule has 3 heterocycles. The van der Waals surface area contributed by atoms with Gasteiger partial charge in [-0.25, -0.2) is 4.68 Å². The number of nitrogens with zero attached hydrogens (tertiary/aromatic N) is 5. The Labute approximate surface area is 220 Å². The molecule has 2 aromatic heterocycles. The second-order valence-electron chi connectivity index (χ2n) is 8.38. The van der Waals surface area contributed by atoms with Crippen LogP contribution in [-0.2, 0) is 24.9 Å². The minimum atomic E-state index is -4.84. The smallest absolute Gasteiger partial charge is 0.340 e. The molecule has 0 saturated carbocycles. The van der Waals surface area contributed by atoms with Crippen LogP contribution in [0.25, 0.3) is 11.0 Å². The molecule has 0 bridgehead atoms. The molecule has 5 N–H and O–H groups in total. The molecule has 0 amide bonds. The maximum Gasteiger partial charge on any atom is 0.340 e. The second-order valence-corrected chi connectivity index (χ2v) is 13.1. The average Bonchev–Trinajstić information content (AvgIpc) is 3.32. The van der Waals surface area contributed by atoms with Crippen molar-refractivity contribution in [1.82, 2.24) is 19.7 Å². The fourth-order valence-electron chi connectivity index (χ4n) is 3.85. The molecule has 1 aliphatic heterocycles. The third-order valence-corrected chi connectivity index (χ3v) is 9.51. The molecule has 1 aliphatic rings. The molecule has 3 aromatic rings. The Kier molecular flexibility index (Phi) is 8.30. The van der Waals surface area contributed by atoms with Gasteiger partial charge in [0.05, 0.1) is 18.2 Å². The van der Waals surface area contributed by atoms with Gasteiger partial charge in [0.1, 0.15) is 24.1 Å². The Balaban J connectivity index is 1.57. The van der Waals surface area contributed by atoms with Crippen molar-refractivity contribution in [2.75, 3.05) is 24.5 Å². The molecule has 0 spiro atoms. The first-order valence-electron chi connectivity index (χ1n) is 10.6. The van der Waals surface area contributed by atoms with Crippen LogP contribution in [0.4, 0.5) is 5.82 Å². The summed E-state index contributed by atoms with van der Waals surface area (Å²) in [5.74, 6) is -0.994. The van der Waals surface area contributed by atoms with E-state index in [9.17, 15) is 24.2 Å². The van der Waals surface area contributed by atoms with Gasteiger partial charge in [-0.15, -0.1) is 0 Å². The zero-order valence-corrected chi connectivity index (χ0v) is 22.4. The van der Waals surface area contributed by atoms with Gasteiger partial charge in [0.2, 0.25) is 5.28 Å². The van der Waals surface area contributed by atoms with Gasteiger partial charge in [0, 0.05) is 18.6 Å². The minimum Gasteiger partial charge on any atom is -0.387 e. The molecule has 37 heavy (non-hydrogen) atoms. The molecule has 1 fully saturated rings. The van der Waals surface area contributed by atoms with E-state index < -0.39 is 52.2 Å². The number of hydrogen-bond donors (Lipinski definition) is 5. The zero-order valence-electron chi connectivity index (χ0n) is 19.1. The van der Waals surface area contributed by atoms with Crippen LogP contribution in [0.2, 0.25) is 10.3 Å². The number of aliphatic hydroxyl groups excluding tert-OH is 2. The van der Waals surface area contributed by atoms with Crippen molar-refractivity contribution in [3.63, 3.8) is 0 Å². The first-order valence-corrected chi connectivity index (χ1v) is 15.0. The number of ether oxygens (including phenoxy) is 1. The summed E-state index contributed by atoms with van der Waals surface area (Å²) < 4.78 is 34.5. The third kappa shape index (κ3) is 6.49. The van der Waals surface area contributed by atoms with Gasteiger partial charge in [0.25, 0.3) is 0 Å². The molecule has 1 unspecified atom stereocenters. The number of hydrogen-bond acceptors (Lipinski definition) is 10. The van der Waals surface area contributed by atoms with E-state index in [-0.39, 0.29) is 10.9 Å². The normalized spacial score (nSPS) is 23.9. The van der Waals surface area contributed by atoms with Crippen molar-refractivity contribution in [2.45, 2.75) is 31.1 Å². The van der Waals surface area contributed by atoms with Gasteiger partial charge in [-0.2, -0.15) is 15.1 Å². The largest absolute Gasteiger partial charge is 0.387 e. The van der Waals surface area contributed by atoms with Crippen LogP contribution in [0, 0.1) is 0 Å². The number of benzene rings is 1. The van der Waals surface area contributed by atoms with Gasteiger partial charge >= 0.3 is 15.2 Å². The van der Waals surface area contributed by atoms with E-state index in [1.54, 1.807) is 18.0 Å².